The lowest BCUT2D eigenvalue weighted by molar-refractivity contribution is -0.117. The highest BCUT2D eigenvalue weighted by molar-refractivity contribution is 5.92. The fourth-order valence-electron chi connectivity index (χ4n) is 1.54. The van der Waals surface area contributed by atoms with Crippen molar-refractivity contribution in [2.45, 2.75) is 34.1 Å². The number of rotatable bonds is 5. The van der Waals surface area contributed by atoms with E-state index in [9.17, 15) is 4.79 Å². The quantitative estimate of drug-likeness (QED) is 0.869. The summed E-state index contributed by atoms with van der Waals surface area (Å²) in [6, 6.07) is 7.83. The van der Waals surface area contributed by atoms with Crippen LogP contribution >= 0.6 is 0 Å². The van der Waals surface area contributed by atoms with E-state index in [0.29, 0.717) is 6.54 Å². The van der Waals surface area contributed by atoms with Crippen molar-refractivity contribution in [2.75, 3.05) is 25.5 Å². The summed E-state index contributed by atoms with van der Waals surface area (Å²) in [5, 5.41) is 2.88. The molecule has 0 aliphatic rings. The van der Waals surface area contributed by atoms with E-state index in [4.69, 9.17) is 0 Å². The fourth-order valence-corrected chi connectivity index (χ4v) is 1.54. The van der Waals surface area contributed by atoms with Gasteiger partial charge in [-0.1, -0.05) is 38.5 Å². The number of amides is 1. The first kappa shape index (κ1) is 16.6. The second-order valence-electron chi connectivity index (χ2n) is 4.15. The van der Waals surface area contributed by atoms with Gasteiger partial charge in [-0.25, -0.2) is 0 Å². The number of hydrogen-bond donors (Lipinski definition) is 1. The van der Waals surface area contributed by atoms with Crippen LogP contribution in [0.5, 0.6) is 0 Å². The molecule has 0 radical (unpaired) electrons. The zero-order valence-electron chi connectivity index (χ0n) is 12.3. The van der Waals surface area contributed by atoms with E-state index in [1.165, 1.54) is 5.56 Å². The molecule has 0 fully saturated rings. The molecule has 18 heavy (non-hydrogen) atoms. The second kappa shape index (κ2) is 9.66. The van der Waals surface area contributed by atoms with Crippen molar-refractivity contribution in [3.05, 3.63) is 29.8 Å². The largest absolute Gasteiger partial charge is 0.325 e. The Morgan fingerprint density at radius 1 is 1.22 bits per heavy atom. The van der Waals surface area contributed by atoms with Crippen molar-refractivity contribution >= 4 is 11.6 Å². The molecule has 1 rings (SSSR count). The molecule has 0 unspecified atom stereocenters. The van der Waals surface area contributed by atoms with Gasteiger partial charge in [-0.15, -0.1) is 0 Å². The highest BCUT2D eigenvalue weighted by Crippen LogP contribution is 2.08. The molecular formula is C15H26N2O. The first-order valence-corrected chi connectivity index (χ1v) is 6.67. The van der Waals surface area contributed by atoms with Gasteiger partial charge in [0.2, 0.25) is 5.91 Å². The minimum absolute atomic E-state index is 0.0415. The van der Waals surface area contributed by atoms with Gasteiger partial charge in [-0.05, 0) is 39.1 Å². The van der Waals surface area contributed by atoms with Gasteiger partial charge < -0.3 is 5.32 Å². The Balaban J connectivity index is 0.00000137. The first-order valence-electron chi connectivity index (χ1n) is 6.67. The van der Waals surface area contributed by atoms with Gasteiger partial charge >= 0.3 is 0 Å². The molecule has 0 heterocycles. The van der Waals surface area contributed by atoms with Gasteiger partial charge in [0.1, 0.15) is 0 Å². The van der Waals surface area contributed by atoms with E-state index in [2.05, 4.69) is 12.2 Å². The Hall–Kier alpha value is -1.35. The van der Waals surface area contributed by atoms with Crippen molar-refractivity contribution in [2.24, 2.45) is 0 Å². The molecule has 0 saturated heterocycles. The van der Waals surface area contributed by atoms with Crippen LogP contribution in [0.3, 0.4) is 0 Å². The van der Waals surface area contributed by atoms with E-state index in [0.717, 1.165) is 18.7 Å². The first-order chi connectivity index (χ1) is 8.61. The van der Waals surface area contributed by atoms with Crippen LogP contribution in [0.25, 0.3) is 0 Å². The lowest BCUT2D eigenvalue weighted by Crippen LogP contribution is -2.30. The van der Waals surface area contributed by atoms with E-state index < -0.39 is 0 Å². The maximum atomic E-state index is 11.6. The average molecular weight is 250 g/mol. The lowest BCUT2D eigenvalue weighted by Gasteiger charge is -2.14. The molecule has 3 heteroatoms. The number of anilines is 1. The molecule has 0 aliphatic carbocycles. The molecule has 0 atom stereocenters. The lowest BCUT2D eigenvalue weighted by atomic mass is 10.2. The third-order valence-electron chi connectivity index (χ3n) is 2.35. The highest BCUT2D eigenvalue weighted by Gasteiger charge is 2.05. The number of nitrogens with zero attached hydrogens (tertiary/aromatic N) is 1. The number of aryl methyl sites for hydroxylation is 1. The van der Waals surface area contributed by atoms with Crippen molar-refractivity contribution in [3.63, 3.8) is 0 Å². The van der Waals surface area contributed by atoms with Crippen molar-refractivity contribution < 1.29 is 4.79 Å². The molecule has 0 saturated carbocycles. The Bertz CT molecular complexity index is 333. The number of carbonyl (C=O) groups excluding carboxylic acids is 1. The van der Waals surface area contributed by atoms with Gasteiger partial charge in [0.25, 0.3) is 0 Å². The molecule has 3 nitrogen and oxygen atoms in total. The summed E-state index contributed by atoms with van der Waals surface area (Å²) in [5.41, 5.74) is 2.06. The molecule has 0 spiro atoms. The van der Waals surface area contributed by atoms with Crippen LogP contribution in [0.2, 0.25) is 0 Å². The Morgan fingerprint density at radius 3 is 2.28 bits per heavy atom. The van der Waals surface area contributed by atoms with Crippen LogP contribution < -0.4 is 5.32 Å². The zero-order chi connectivity index (χ0) is 14.0. The van der Waals surface area contributed by atoms with Crippen LogP contribution in [0.1, 0.15) is 32.8 Å². The Morgan fingerprint density at radius 2 is 1.78 bits per heavy atom. The van der Waals surface area contributed by atoms with Gasteiger partial charge in [0, 0.05) is 5.69 Å². The molecule has 0 aromatic heterocycles. The summed E-state index contributed by atoms with van der Waals surface area (Å²) in [6.45, 7) is 9.53. The molecule has 1 aromatic rings. The Labute approximate surface area is 111 Å². The summed E-state index contributed by atoms with van der Waals surface area (Å²) in [4.78, 5) is 13.6. The van der Waals surface area contributed by atoms with Crippen LogP contribution in [-0.4, -0.2) is 30.9 Å². The zero-order valence-corrected chi connectivity index (χ0v) is 12.3. The number of benzene rings is 1. The molecule has 1 aromatic carbocycles. The topological polar surface area (TPSA) is 32.3 Å². The summed E-state index contributed by atoms with van der Waals surface area (Å²) in [7, 11) is 1.96. The Kier molecular flexibility index (Phi) is 8.93. The molecule has 102 valence electrons. The van der Waals surface area contributed by atoms with E-state index >= 15 is 0 Å². The van der Waals surface area contributed by atoms with Crippen molar-refractivity contribution in [1.82, 2.24) is 4.90 Å². The fraction of sp³-hybridized carbons (Fsp3) is 0.533. The summed E-state index contributed by atoms with van der Waals surface area (Å²) in [6.07, 6.45) is 1.06. The highest BCUT2D eigenvalue weighted by atomic mass is 16.2. The van der Waals surface area contributed by atoms with E-state index in [1.807, 2.05) is 57.0 Å². The van der Waals surface area contributed by atoms with Gasteiger partial charge in [-0.2, -0.15) is 0 Å². The molecular weight excluding hydrogens is 224 g/mol. The maximum Gasteiger partial charge on any atom is 0.238 e. The standard InChI is InChI=1S/C13H20N2O.C2H6/c1-4-9-15(3)10-13(16)14-12-7-5-11(2)6-8-12;1-2/h5-8H,4,9-10H2,1-3H3,(H,14,16);1-2H3. The van der Waals surface area contributed by atoms with Gasteiger partial charge in [0.05, 0.1) is 6.54 Å². The van der Waals surface area contributed by atoms with Gasteiger partial charge in [-0.3, -0.25) is 9.69 Å². The van der Waals surface area contributed by atoms with Crippen LogP contribution in [0.15, 0.2) is 24.3 Å². The summed E-state index contributed by atoms with van der Waals surface area (Å²) < 4.78 is 0. The number of likely N-dealkylation sites (N-methyl/N-ethyl adjacent to an activating group) is 1. The maximum absolute atomic E-state index is 11.6. The molecule has 1 amide bonds. The van der Waals surface area contributed by atoms with Gasteiger partial charge in [0.15, 0.2) is 0 Å². The number of nitrogens with one attached hydrogen (secondary N) is 1. The molecule has 0 aliphatic heterocycles. The van der Waals surface area contributed by atoms with E-state index in [1.54, 1.807) is 0 Å². The predicted molar refractivity (Wildman–Crippen MR) is 78.9 cm³/mol. The van der Waals surface area contributed by atoms with Crippen molar-refractivity contribution in [1.29, 1.82) is 0 Å². The monoisotopic (exact) mass is 250 g/mol. The second-order valence-corrected chi connectivity index (χ2v) is 4.15. The SMILES string of the molecule is CC.CCCN(C)CC(=O)Nc1ccc(C)cc1. The molecule has 0 bridgehead atoms. The predicted octanol–water partition coefficient (Wildman–Crippen LogP) is 3.30. The smallest absolute Gasteiger partial charge is 0.238 e. The molecule has 1 N–H and O–H groups in total. The number of carbonyl (C=O) groups is 1. The minimum Gasteiger partial charge on any atom is -0.325 e. The normalized spacial score (nSPS) is 9.67. The van der Waals surface area contributed by atoms with Crippen LogP contribution in [-0.2, 0) is 4.79 Å². The number of hydrogen-bond acceptors (Lipinski definition) is 2. The summed E-state index contributed by atoms with van der Waals surface area (Å²) in [5.74, 6) is 0.0415. The van der Waals surface area contributed by atoms with Crippen LogP contribution in [0.4, 0.5) is 5.69 Å². The van der Waals surface area contributed by atoms with Crippen molar-refractivity contribution in [3.8, 4) is 0 Å². The summed E-state index contributed by atoms with van der Waals surface area (Å²) >= 11 is 0. The third kappa shape index (κ3) is 7.07. The average Bonchev–Trinajstić information content (AvgIpc) is 2.35. The van der Waals surface area contributed by atoms with Crippen LogP contribution in [0, 0.1) is 6.92 Å². The van der Waals surface area contributed by atoms with E-state index in [-0.39, 0.29) is 5.91 Å². The third-order valence-corrected chi connectivity index (χ3v) is 2.35. The minimum atomic E-state index is 0.0415.